The zero-order chi connectivity index (χ0) is 14.8. The third-order valence-electron chi connectivity index (χ3n) is 3.77. The first-order valence-corrected chi connectivity index (χ1v) is 8.28. The van der Waals surface area contributed by atoms with E-state index < -0.39 is 0 Å². The molecular weight excluding hydrogens is 326 g/mol. The van der Waals surface area contributed by atoms with Gasteiger partial charge < -0.3 is 5.32 Å². The van der Waals surface area contributed by atoms with Gasteiger partial charge in [-0.15, -0.1) is 0 Å². The smallest absolute Gasteiger partial charge is 0.135 e. The van der Waals surface area contributed by atoms with Gasteiger partial charge in [0.05, 0.1) is 0 Å². The number of nitrogens with one attached hydrogen (secondary N) is 1. The van der Waals surface area contributed by atoms with Crippen LogP contribution < -0.4 is 5.32 Å². The molecule has 3 nitrogen and oxygen atoms in total. The molecule has 1 aromatic heterocycles. The van der Waals surface area contributed by atoms with Crippen LogP contribution in [0.1, 0.15) is 55.5 Å². The summed E-state index contributed by atoms with van der Waals surface area (Å²) in [6.45, 7) is 5.21. The second-order valence-corrected chi connectivity index (χ2v) is 6.77. The van der Waals surface area contributed by atoms with Crippen molar-refractivity contribution in [2.75, 3.05) is 5.32 Å². The van der Waals surface area contributed by atoms with Gasteiger partial charge in [-0.2, -0.15) is 0 Å². The van der Waals surface area contributed by atoms with Gasteiger partial charge in [0.2, 0.25) is 0 Å². The Labute approximate surface area is 134 Å². The van der Waals surface area contributed by atoms with E-state index in [-0.39, 0.29) is 0 Å². The predicted octanol–water partition coefficient (Wildman–Crippen LogP) is 4.85. The van der Waals surface area contributed by atoms with Crippen molar-refractivity contribution in [1.82, 2.24) is 9.97 Å². The van der Waals surface area contributed by atoms with Gasteiger partial charge in [-0.25, -0.2) is 9.97 Å². The topological polar surface area (TPSA) is 37.8 Å². The number of hydrogen-bond acceptors (Lipinski definition) is 3. The van der Waals surface area contributed by atoms with E-state index in [0.29, 0.717) is 11.8 Å². The van der Waals surface area contributed by atoms with Crippen molar-refractivity contribution in [3.05, 3.63) is 51.9 Å². The van der Waals surface area contributed by atoms with Crippen LogP contribution in [0.3, 0.4) is 0 Å². The van der Waals surface area contributed by atoms with E-state index in [1.807, 2.05) is 6.07 Å². The van der Waals surface area contributed by atoms with Crippen LogP contribution in [0, 0.1) is 0 Å². The number of benzene rings is 1. The average Bonchev–Trinajstić information content (AvgIpc) is 3.29. The number of nitrogens with zero attached hydrogens (tertiary/aromatic N) is 2. The molecule has 0 saturated heterocycles. The lowest BCUT2D eigenvalue weighted by Gasteiger charge is -2.09. The van der Waals surface area contributed by atoms with Crippen molar-refractivity contribution in [2.45, 2.75) is 45.1 Å². The Hall–Kier alpha value is -1.42. The van der Waals surface area contributed by atoms with Crippen molar-refractivity contribution in [3.63, 3.8) is 0 Å². The molecule has 0 atom stereocenters. The predicted molar refractivity (Wildman–Crippen MR) is 89.6 cm³/mol. The van der Waals surface area contributed by atoms with E-state index in [2.05, 4.69) is 69.3 Å². The molecule has 1 saturated carbocycles. The first-order valence-electron chi connectivity index (χ1n) is 7.49. The zero-order valence-corrected chi connectivity index (χ0v) is 14.0. The third-order valence-corrected chi connectivity index (χ3v) is 4.18. The molecule has 3 rings (SSSR count). The molecule has 0 amide bonds. The van der Waals surface area contributed by atoms with E-state index in [1.54, 1.807) is 0 Å². The molecular formula is C17H20BrN3. The number of anilines is 1. The van der Waals surface area contributed by atoms with Gasteiger partial charge in [0.15, 0.2) is 0 Å². The molecule has 1 aliphatic rings. The lowest BCUT2D eigenvalue weighted by atomic mass is 10.0. The highest BCUT2D eigenvalue weighted by Gasteiger charge is 2.27. The van der Waals surface area contributed by atoms with Gasteiger partial charge in [0, 0.05) is 18.5 Å². The van der Waals surface area contributed by atoms with Gasteiger partial charge >= 0.3 is 0 Å². The normalized spacial score (nSPS) is 14.5. The first-order chi connectivity index (χ1) is 10.1. The molecule has 0 spiro atoms. The minimum absolute atomic E-state index is 0.563. The number of hydrogen-bond donors (Lipinski definition) is 1. The summed E-state index contributed by atoms with van der Waals surface area (Å²) >= 11 is 3.47. The Morgan fingerprint density at radius 3 is 2.52 bits per heavy atom. The fourth-order valence-corrected chi connectivity index (χ4v) is 2.66. The van der Waals surface area contributed by atoms with Crippen molar-refractivity contribution >= 4 is 21.7 Å². The molecule has 2 aromatic rings. The van der Waals surface area contributed by atoms with E-state index >= 15 is 0 Å². The number of rotatable bonds is 5. The lowest BCUT2D eigenvalue weighted by molar-refractivity contribution is 0.864. The molecule has 4 heteroatoms. The number of aromatic nitrogens is 2. The Morgan fingerprint density at radius 2 is 1.90 bits per heavy atom. The Bertz CT molecular complexity index is 618. The van der Waals surface area contributed by atoms with Crippen LogP contribution in [0.15, 0.2) is 34.9 Å². The standard InChI is InChI=1S/C17H20BrN3/c1-11(2)13-5-3-12(4-6-13)10-19-16-9-15(18)20-17(21-16)14-7-8-14/h3-6,9,11,14H,7-8,10H2,1-2H3,(H,19,20,21). The fourth-order valence-electron chi connectivity index (χ4n) is 2.26. The molecule has 1 aliphatic carbocycles. The fraction of sp³-hybridized carbons (Fsp3) is 0.412. The summed E-state index contributed by atoms with van der Waals surface area (Å²) in [5.74, 6) is 2.99. The summed E-state index contributed by atoms with van der Waals surface area (Å²) in [5.41, 5.74) is 2.64. The maximum Gasteiger partial charge on any atom is 0.135 e. The minimum atomic E-state index is 0.563. The van der Waals surface area contributed by atoms with Crippen LogP contribution in [0.2, 0.25) is 0 Å². The Kier molecular flexibility index (Phi) is 4.24. The maximum atomic E-state index is 4.60. The molecule has 110 valence electrons. The SMILES string of the molecule is CC(C)c1ccc(CNc2cc(Br)nc(C3CC3)n2)cc1. The maximum absolute atomic E-state index is 4.60. The van der Waals surface area contributed by atoms with Crippen LogP contribution in [0.4, 0.5) is 5.82 Å². The Balaban J connectivity index is 1.66. The molecule has 1 fully saturated rings. The molecule has 1 aromatic carbocycles. The zero-order valence-electron chi connectivity index (χ0n) is 12.4. The minimum Gasteiger partial charge on any atom is -0.366 e. The van der Waals surface area contributed by atoms with Crippen molar-refractivity contribution in [1.29, 1.82) is 0 Å². The van der Waals surface area contributed by atoms with E-state index in [0.717, 1.165) is 22.8 Å². The summed E-state index contributed by atoms with van der Waals surface area (Å²) in [5, 5.41) is 3.39. The molecule has 0 radical (unpaired) electrons. The van der Waals surface area contributed by atoms with Crippen LogP contribution >= 0.6 is 15.9 Å². The Morgan fingerprint density at radius 1 is 1.19 bits per heavy atom. The van der Waals surface area contributed by atoms with Crippen LogP contribution in [0.25, 0.3) is 0 Å². The third kappa shape index (κ3) is 3.82. The van der Waals surface area contributed by atoms with Crippen molar-refractivity contribution in [2.24, 2.45) is 0 Å². The molecule has 0 aliphatic heterocycles. The summed E-state index contributed by atoms with van der Waals surface area (Å²) in [4.78, 5) is 9.05. The second-order valence-electron chi connectivity index (χ2n) is 5.96. The lowest BCUT2D eigenvalue weighted by Crippen LogP contribution is -2.04. The molecule has 21 heavy (non-hydrogen) atoms. The van der Waals surface area contributed by atoms with Crippen molar-refractivity contribution < 1.29 is 0 Å². The summed E-state index contributed by atoms with van der Waals surface area (Å²) in [6.07, 6.45) is 2.43. The van der Waals surface area contributed by atoms with Gasteiger partial charge in [-0.1, -0.05) is 38.1 Å². The van der Waals surface area contributed by atoms with Crippen molar-refractivity contribution in [3.8, 4) is 0 Å². The van der Waals surface area contributed by atoms with E-state index in [1.165, 1.54) is 24.0 Å². The van der Waals surface area contributed by atoms with Gasteiger partial charge in [-0.3, -0.25) is 0 Å². The monoisotopic (exact) mass is 345 g/mol. The molecule has 1 heterocycles. The van der Waals surface area contributed by atoms with Gasteiger partial charge in [0.25, 0.3) is 0 Å². The summed E-state index contributed by atoms with van der Waals surface area (Å²) in [6, 6.07) is 10.7. The van der Waals surface area contributed by atoms with Gasteiger partial charge in [0.1, 0.15) is 16.2 Å². The molecule has 0 unspecified atom stereocenters. The molecule has 1 N–H and O–H groups in total. The van der Waals surface area contributed by atoms with E-state index in [9.17, 15) is 0 Å². The second kappa shape index (κ2) is 6.14. The molecule has 0 bridgehead atoms. The van der Waals surface area contributed by atoms with Crippen LogP contribution in [-0.2, 0) is 6.54 Å². The summed E-state index contributed by atoms with van der Waals surface area (Å²) < 4.78 is 0.858. The largest absolute Gasteiger partial charge is 0.366 e. The highest BCUT2D eigenvalue weighted by molar-refractivity contribution is 9.10. The highest BCUT2D eigenvalue weighted by Crippen LogP contribution is 2.38. The van der Waals surface area contributed by atoms with Crippen LogP contribution in [-0.4, -0.2) is 9.97 Å². The van der Waals surface area contributed by atoms with E-state index in [4.69, 9.17) is 0 Å². The van der Waals surface area contributed by atoms with Crippen LogP contribution in [0.5, 0.6) is 0 Å². The average molecular weight is 346 g/mol. The summed E-state index contributed by atoms with van der Waals surface area (Å²) in [7, 11) is 0. The number of halogens is 1. The highest BCUT2D eigenvalue weighted by atomic mass is 79.9. The van der Waals surface area contributed by atoms with Gasteiger partial charge in [-0.05, 0) is 45.8 Å². The first kappa shape index (κ1) is 14.5. The quantitative estimate of drug-likeness (QED) is 0.787.